The van der Waals surface area contributed by atoms with Gasteiger partial charge < -0.3 is 0 Å². The van der Waals surface area contributed by atoms with E-state index in [-0.39, 0.29) is 0 Å². The third-order valence-corrected chi connectivity index (χ3v) is 3.74. The molecule has 0 bridgehead atoms. The van der Waals surface area contributed by atoms with E-state index in [1.165, 1.54) is 13.8 Å². The predicted molar refractivity (Wildman–Crippen MR) is 56.6 cm³/mol. The quantitative estimate of drug-likeness (QED) is 0.559. The van der Waals surface area contributed by atoms with E-state index in [2.05, 4.69) is 0 Å². The van der Waals surface area contributed by atoms with E-state index in [4.69, 9.17) is 23.2 Å². The van der Waals surface area contributed by atoms with Crippen molar-refractivity contribution >= 4 is 28.4 Å². The van der Waals surface area contributed by atoms with Crippen LogP contribution in [-0.4, -0.2) is 17.3 Å². The van der Waals surface area contributed by atoms with Gasteiger partial charge in [0.2, 0.25) is 5.24 Å². The molecule has 0 saturated heterocycles. The molecule has 0 N–H and O–H groups in total. The van der Waals surface area contributed by atoms with E-state index in [0.717, 1.165) is 0 Å². The molecule has 0 aromatic heterocycles. The van der Waals surface area contributed by atoms with Crippen molar-refractivity contribution in [2.45, 2.75) is 25.9 Å². The van der Waals surface area contributed by atoms with Crippen molar-refractivity contribution in [3.63, 3.8) is 0 Å². The molecule has 0 aromatic rings. The normalized spacial score (nSPS) is 28.2. The average molecular weight is 311 g/mol. The largest absolute Gasteiger partial charge is 0.459 e. The SMILES string of the molecule is CC1(C)[C@H](C=C(Cl)C(F)(F)C(F)(F)F)[C@H]1C(=O)Cl. The lowest BCUT2D eigenvalue weighted by atomic mass is 10.1. The maximum atomic E-state index is 12.8. The van der Waals surface area contributed by atoms with Crippen molar-refractivity contribution in [2.24, 2.45) is 17.3 Å². The molecule has 0 spiro atoms. The van der Waals surface area contributed by atoms with Crippen LogP contribution in [0.1, 0.15) is 13.8 Å². The van der Waals surface area contributed by atoms with Crippen molar-refractivity contribution in [1.82, 2.24) is 0 Å². The van der Waals surface area contributed by atoms with Crippen molar-refractivity contribution < 1.29 is 26.7 Å². The summed E-state index contributed by atoms with van der Waals surface area (Å²) in [6.45, 7) is 3.07. The molecule has 0 heterocycles. The highest BCUT2D eigenvalue weighted by atomic mass is 35.5. The van der Waals surface area contributed by atoms with Crippen LogP contribution in [0.5, 0.6) is 0 Å². The first-order valence-electron chi connectivity index (χ1n) is 4.85. The summed E-state index contributed by atoms with van der Waals surface area (Å²) in [6, 6.07) is 0. The van der Waals surface area contributed by atoms with E-state index >= 15 is 0 Å². The minimum atomic E-state index is -5.76. The van der Waals surface area contributed by atoms with Crippen molar-refractivity contribution in [2.75, 3.05) is 0 Å². The van der Waals surface area contributed by atoms with Gasteiger partial charge in [0, 0.05) is 5.92 Å². The zero-order chi connectivity index (χ0) is 14.5. The summed E-state index contributed by atoms with van der Waals surface area (Å²) in [5, 5.41) is -2.41. The second kappa shape index (κ2) is 4.34. The Labute approximate surface area is 110 Å². The molecule has 0 amide bonds. The molecule has 18 heavy (non-hydrogen) atoms. The summed E-state index contributed by atoms with van der Waals surface area (Å²) in [5.74, 6) is -6.73. The second-order valence-corrected chi connectivity index (χ2v) is 5.50. The fourth-order valence-corrected chi connectivity index (χ4v) is 2.48. The van der Waals surface area contributed by atoms with Gasteiger partial charge in [0.15, 0.2) is 0 Å². The Morgan fingerprint density at radius 2 is 1.61 bits per heavy atom. The monoisotopic (exact) mass is 310 g/mol. The van der Waals surface area contributed by atoms with Gasteiger partial charge in [0.25, 0.3) is 0 Å². The Morgan fingerprint density at radius 1 is 1.17 bits per heavy atom. The number of allylic oxidation sites excluding steroid dienone is 2. The molecule has 1 fully saturated rings. The van der Waals surface area contributed by atoms with Gasteiger partial charge in [-0.15, -0.1) is 0 Å². The Balaban J connectivity index is 2.97. The number of halogens is 7. The third kappa shape index (κ3) is 2.50. The Hall–Kier alpha value is -0.360. The number of rotatable bonds is 3. The molecule has 1 rings (SSSR count). The van der Waals surface area contributed by atoms with Crippen LogP contribution in [0.3, 0.4) is 0 Å². The zero-order valence-corrected chi connectivity index (χ0v) is 10.8. The molecular formula is C10H9Cl2F5O. The third-order valence-electron chi connectivity index (χ3n) is 3.14. The highest BCUT2D eigenvalue weighted by Crippen LogP contribution is 2.61. The molecule has 8 heteroatoms. The van der Waals surface area contributed by atoms with Gasteiger partial charge in [-0.3, -0.25) is 4.79 Å². The molecule has 1 aliphatic rings. The molecule has 0 unspecified atom stereocenters. The van der Waals surface area contributed by atoms with E-state index in [1.807, 2.05) is 0 Å². The lowest BCUT2D eigenvalue weighted by Crippen LogP contribution is -2.36. The highest BCUT2D eigenvalue weighted by Gasteiger charge is 2.64. The molecule has 0 aromatic carbocycles. The molecule has 2 atom stereocenters. The van der Waals surface area contributed by atoms with Gasteiger partial charge in [-0.2, -0.15) is 22.0 Å². The van der Waals surface area contributed by atoms with Crippen molar-refractivity contribution in [3.8, 4) is 0 Å². The Bertz CT molecular complexity index is 400. The molecule has 1 saturated carbocycles. The predicted octanol–water partition coefficient (Wildman–Crippen LogP) is 4.34. The lowest BCUT2D eigenvalue weighted by Gasteiger charge is -2.18. The molecule has 1 aliphatic carbocycles. The van der Waals surface area contributed by atoms with Gasteiger partial charge in [-0.05, 0) is 22.9 Å². The fourth-order valence-electron chi connectivity index (χ4n) is 1.82. The first kappa shape index (κ1) is 15.7. The number of carbonyl (C=O) groups excluding carboxylic acids is 1. The Kier molecular flexibility index (Phi) is 3.78. The van der Waals surface area contributed by atoms with E-state index < -0.39 is 39.6 Å². The van der Waals surface area contributed by atoms with Crippen LogP contribution in [-0.2, 0) is 4.79 Å². The minimum absolute atomic E-state index is 0.569. The van der Waals surface area contributed by atoms with E-state index in [9.17, 15) is 26.7 Å². The number of alkyl halides is 5. The van der Waals surface area contributed by atoms with Crippen LogP contribution in [0.2, 0.25) is 0 Å². The molecule has 1 nitrogen and oxygen atoms in total. The smallest absolute Gasteiger partial charge is 0.281 e. The summed E-state index contributed by atoms with van der Waals surface area (Å²) in [5.41, 5.74) is -0.763. The first-order valence-corrected chi connectivity index (χ1v) is 5.60. The van der Waals surface area contributed by atoms with Crippen LogP contribution >= 0.6 is 23.2 Å². The molecule has 0 radical (unpaired) electrons. The minimum Gasteiger partial charge on any atom is -0.281 e. The maximum Gasteiger partial charge on any atom is 0.459 e. The standard InChI is InChI=1S/C10H9Cl2F5O/c1-8(2)4(6(8)7(12)18)3-5(11)9(13,14)10(15,16)17/h3-4,6H,1-2H3/t4-,6+/m1/s1. The maximum absolute atomic E-state index is 12.8. The Morgan fingerprint density at radius 3 is 1.89 bits per heavy atom. The summed E-state index contributed by atoms with van der Waals surface area (Å²) in [4.78, 5) is 10.9. The molecular weight excluding hydrogens is 302 g/mol. The summed E-state index contributed by atoms with van der Waals surface area (Å²) >= 11 is 10.2. The van der Waals surface area contributed by atoms with Gasteiger partial charge in [0.05, 0.1) is 5.03 Å². The lowest BCUT2D eigenvalue weighted by molar-refractivity contribution is -0.261. The summed E-state index contributed by atoms with van der Waals surface area (Å²) in [7, 11) is 0. The van der Waals surface area contributed by atoms with Gasteiger partial charge in [-0.25, -0.2) is 0 Å². The number of hydrogen-bond acceptors (Lipinski definition) is 1. The van der Waals surface area contributed by atoms with Gasteiger partial charge in [-0.1, -0.05) is 31.5 Å². The van der Waals surface area contributed by atoms with Crippen molar-refractivity contribution in [3.05, 3.63) is 11.1 Å². The summed E-state index contributed by atoms with van der Waals surface area (Å²) in [6.07, 6.45) is -5.19. The van der Waals surface area contributed by atoms with Gasteiger partial charge in [0.1, 0.15) is 0 Å². The average Bonchev–Trinajstić information content (AvgIpc) is 2.65. The highest BCUT2D eigenvalue weighted by molar-refractivity contribution is 6.64. The summed E-state index contributed by atoms with van der Waals surface area (Å²) < 4.78 is 61.8. The number of hydrogen-bond donors (Lipinski definition) is 0. The van der Waals surface area contributed by atoms with Crippen LogP contribution in [0.25, 0.3) is 0 Å². The molecule has 104 valence electrons. The topological polar surface area (TPSA) is 17.1 Å². The molecule has 0 aliphatic heterocycles. The van der Waals surface area contributed by atoms with Crippen LogP contribution in [0, 0.1) is 17.3 Å². The van der Waals surface area contributed by atoms with Crippen LogP contribution in [0.15, 0.2) is 11.1 Å². The fraction of sp³-hybridized carbons (Fsp3) is 0.700. The number of carbonyl (C=O) groups is 1. The van der Waals surface area contributed by atoms with E-state index in [0.29, 0.717) is 6.08 Å². The zero-order valence-electron chi connectivity index (χ0n) is 9.29. The first-order chi connectivity index (χ1) is 7.83. The second-order valence-electron chi connectivity index (χ2n) is 4.72. The van der Waals surface area contributed by atoms with Crippen molar-refractivity contribution in [1.29, 1.82) is 0 Å². The van der Waals surface area contributed by atoms with Crippen LogP contribution < -0.4 is 0 Å². The van der Waals surface area contributed by atoms with Crippen LogP contribution in [0.4, 0.5) is 22.0 Å². The van der Waals surface area contributed by atoms with Gasteiger partial charge >= 0.3 is 12.1 Å². The van der Waals surface area contributed by atoms with E-state index in [1.54, 1.807) is 0 Å².